The number of anilines is 2. The molecule has 0 amide bonds. The number of aromatic nitrogens is 4. The van der Waals surface area contributed by atoms with E-state index in [1.165, 1.54) is 31.4 Å². The SMILES string of the molecule is CN1Cc2c(nc(N3CCCCCC3)n2Cc2nnc(-c3ccc(Cl)c(Cl)c3)o2)N(C)C1. The van der Waals surface area contributed by atoms with Gasteiger partial charge in [0, 0.05) is 32.2 Å². The summed E-state index contributed by atoms with van der Waals surface area (Å²) < 4.78 is 8.28. The van der Waals surface area contributed by atoms with Crippen LogP contribution in [0.2, 0.25) is 10.0 Å². The summed E-state index contributed by atoms with van der Waals surface area (Å²) in [5.74, 6) is 3.00. The first-order chi connectivity index (χ1) is 15.5. The average Bonchev–Trinajstić information content (AvgIpc) is 3.27. The van der Waals surface area contributed by atoms with Crippen LogP contribution in [0.15, 0.2) is 22.6 Å². The average molecular weight is 476 g/mol. The van der Waals surface area contributed by atoms with Crippen LogP contribution in [-0.2, 0) is 13.1 Å². The van der Waals surface area contributed by atoms with E-state index in [0.717, 1.165) is 43.6 Å². The molecule has 0 radical (unpaired) electrons. The summed E-state index contributed by atoms with van der Waals surface area (Å²) in [5.41, 5.74) is 1.92. The molecule has 0 aliphatic carbocycles. The van der Waals surface area contributed by atoms with Gasteiger partial charge in [0.2, 0.25) is 17.7 Å². The molecule has 0 N–H and O–H groups in total. The molecule has 2 aromatic heterocycles. The molecule has 0 atom stereocenters. The van der Waals surface area contributed by atoms with E-state index in [0.29, 0.717) is 28.4 Å². The Balaban J connectivity index is 1.50. The van der Waals surface area contributed by atoms with Crippen LogP contribution < -0.4 is 9.80 Å². The third-order valence-corrected chi connectivity index (χ3v) is 6.82. The second-order valence-electron chi connectivity index (χ2n) is 8.65. The normalized spacial score (nSPS) is 17.5. The summed E-state index contributed by atoms with van der Waals surface area (Å²) >= 11 is 12.2. The lowest BCUT2D eigenvalue weighted by Crippen LogP contribution is -2.38. The number of imidazole rings is 1. The van der Waals surface area contributed by atoms with Crippen molar-refractivity contribution in [2.24, 2.45) is 0 Å². The zero-order chi connectivity index (χ0) is 22.2. The Labute approximate surface area is 197 Å². The Kier molecular flexibility index (Phi) is 6.01. The molecule has 5 rings (SSSR count). The number of hydrogen-bond donors (Lipinski definition) is 0. The van der Waals surface area contributed by atoms with Crippen LogP contribution in [0.4, 0.5) is 11.8 Å². The first-order valence-corrected chi connectivity index (χ1v) is 11.8. The fourth-order valence-electron chi connectivity index (χ4n) is 4.53. The van der Waals surface area contributed by atoms with E-state index >= 15 is 0 Å². The van der Waals surface area contributed by atoms with Gasteiger partial charge in [-0.1, -0.05) is 36.0 Å². The summed E-state index contributed by atoms with van der Waals surface area (Å²) in [4.78, 5) is 12.0. The highest BCUT2D eigenvalue weighted by Gasteiger charge is 2.29. The number of rotatable bonds is 4. The van der Waals surface area contributed by atoms with Crippen LogP contribution >= 0.6 is 23.2 Å². The molecule has 0 bridgehead atoms. The molecule has 3 aromatic rings. The Bertz CT molecular complexity index is 1100. The van der Waals surface area contributed by atoms with Crippen molar-refractivity contribution in [2.45, 2.75) is 38.8 Å². The minimum absolute atomic E-state index is 0.429. The summed E-state index contributed by atoms with van der Waals surface area (Å²) in [7, 11) is 4.21. The van der Waals surface area contributed by atoms with Crippen molar-refractivity contribution in [3.63, 3.8) is 0 Å². The third kappa shape index (κ3) is 4.19. The van der Waals surface area contributed by atoms with Crippen LogP contribution in [0.3, 0.4) is 0 Å². The lowest BCUT2D eigenvalue weighted by Gasteiger charge is -2.31. The lowest BCUT2D eigenvalue weighted by atomic mass is 10.2. The molecule has 0 saturated carbocycles. The van der Waals surface area contributed by atoms with Crippen molar-refractivity contribution in [1.29, 1.82) is 0 Å². The van der Waals surface area contributed by atoms with Crippen molar-refractivity contribution in [2.75, 3.05) is 43.7 Å². The topological polar surface area (TPSA) is 66.5 Å². The maximum atomic E-state index is 6.16. The number of benzene rings is 1. The van der Waals surface area contributed by atoms with Gasteiger partial charge in [-0.2, -0.15) is 4.98 Å². The van der Waals surface area contributed by atoms with Gasteiger partial charge in [0.1, 0.15) is 6.54 Å². The van der Waals surface area contributed by atoms with Gasteiger partial charge >= 0.3 is 0 Å². The summed E-state index contributed by atoms with van der Waals surface area (Å²) in [6.45, 7) is 4.20. The van der Waals surface area contributed by atoms with E-state index < -0.39 is 0 Å². The number of nitrogens with zero attached hydrogens (tertiary/aromatic N) is 7. The van der Waals surface area contributed by atoms with Gasteiger partial charge in [-0.25, -0.2) is 0 Å². The molecule has 2 aliphatic rings. The fourth-order valence-corrected chi connectivity index (χ4v) is 4.83. The standard InChI is InChI=1S/C22H27Cl2N7O/c1-28-12-18-20(29(2)14-28)25-22(30-9-5-3-4-6-10-30)31(18)13-19-26-27-21(32-19)15-7-8-16(23)17(24)11-15/h7-8,11H,3-6,9-10,12-14H2,1-2H3. The van der Waals surface area contributed by atoms with E-state index in [4.69, 9.17) is 32.6 Å². The molecule has 0 spiro atoms. The predicted molar refractivity (Wildman–Crippen MR) is 127 cm³/mol. The Morgan fingerprint density at radius 1 is 1.00 bits per heavy atom. The van der Waals surface area contributed by atoms with Crippen molar-refractivity contribution < 1.29 is 4.42 Å². The first-order valence-electron chi connectivity index (χ1n) is 11.0. The summed E-state index contributed by atoms with van der Waals surface area (Å²) in [6.07, 6.45) is 4.93. The maximum Gasteiger partial charge on any atom is 0.247 e. The highest BCUT2D eigenvalue weighted by atomic mass is 35.5. The van der Waals surface area contributed by atoms with Crippen LogP contribution in [0.25, 0.3) is 11.5 Å². The Morgan fingerprint density at radius 3 is 2.53 bits per heavy atom. The van der Waals surface area contributed by atoms with Crippen LogP contribution in [-0.4, -0.2) is 58.5 Å². The highest BCUT2D eigenvalue weighted by Crippen LogP contribution is 2.33. The van der Waals surface area contributed by atoms with Crippen LogP contribution in [0.5, 0.6) is 0 Å². The summed E-state index contributed by atoms with van der Waals surface area (Å²) in [5, 5.41) is 9.53. The highest BCUT2D eigenvalue weighted by molar-refractivity contribution is 6.42. The Morgan fingerprint density at radius 2 is 1.78 bits per heavy atom. The van der Waals surface area contributed by atoms with Crippen molar-refractivity contribution >= 4 is 35.0 Å². The minimum atomic E-state index is 0.429. The van der Waals surface area contributed by atoms with Gasteiger partial charge in [0.05, 0.1) is 22.4 Å². The monoisotopic (exact) mass is 475 g/mol. The number of halogens is 2. The molecule has 170 valence electrons. The molecule has 8 nitrogen and oxygen atoms in total. The maximum absolute atomic E-state index is 6.16. The Hall–Kier alpha value is -2.29. The summed E-state index contributed by atoms with van der Waals surface area (Å²) in [6, 6.07) is 5.31. The van der Waals surface area contributed by atoms with Gasteiger partial charge in [0.25, 0.3) is 0 Å². The predicted octanol–water partition coefficient (Wildman–Crippen LogP) is 4.51. The van der Waals surface area contributed by atoms with E-state index in [1.54, 1.807) is 12.1 Å². The quantitative estimate of drug-likeness (QED) is 0.549. The number of fused-ring (bicyclic) bond motifs is 1. The van der Waals surface area contributed by atoms with Gasteiger partial charge in [-0.05, 0) is 38.1 Å². The molecular formula is C22H27Cl2N7O. The van der Waals surface area contributed by atoms with E-state index in [2.05, 4.69) is 43.6 Å². The molecule has 32 heavy (non-hydrogen) atoms. The zero-order valence-corrected chi connectivity index (χ0v) is 19.9. The van der Waals surface area contributed by atoms with Gasteiger partial charge in [-0.15, -0.1) is 10.2 Å². The second kappa shape index (κ2) is 8.92. The van der Waals surface area contributed by atoms with Crippen molar-refractivity contribution in [3.05, 3.63) is 39.8 Å². The van der Waals surface area contributed by atoms with Gasteiger partial charge in [-0.3, -0.25) is 4.90 Å². The van der Waals surface area contributed by atoms with Crippen LogP contribution in [0, 0.1) is 0 Å². The van der Waals surface area contributed by atoms with Gasteiger partial charge < -0.3 is 18.8 Å². The van der Waals surface area contributed by atoms with E-state index in [9.17, 15) is 0 Å². The minimum Gasteiger partial charge on any atom is -0.419 e. The fraction of sp³-hybridized carbons (Fsp3) is 0.500. The van der Waals surface area contributed by atoms with E-state index in [1.807, 2.05) is 6.07 Å². The molecule has 0 unspecified atom stereocenters. The molecule has 10 heteroatoms. The molecule has 1 fully saturated rings. The van der Waals surface area contributed by atoms with Gasteiger partial charge in [0.15, 0.2) is 5.82 Å². The third-order valence-electron chi connectivity index (χ3n) is 6.08. The van der Waals surface area contributed by atoms with Crippen molar-refractivity contribution in [3.8, 4) is 11.5 Å². The van der Waals surface area contributed by atoms with Crippen molar-refractivity contribution in [1.82, 2.24) is 24.6 Å². The number of hydrogen-bond acceptors (Lipinski definition) is 7. The lowest BCUT2D eigenvalue weighted by molar-refractivity contribution is 0.304. The molecule has 4 heterocycles. The molecule has 2 aliphatic heterocycles. The molecular weight excluding hydrogens is 449 g/mol. The van der Waals surface area contributed by atoms with Crippen LogP contribution in [0.1, 0.15) is 37.3 Å². The largest absolute Gasteiger partial charge is 0.419 e. The zero-order valence-electron chi connectivity index (χ0n) is 18.4. The molecule has 1 saturated heterocycles. The molecule has 1 aromatic carbocycles. The van der Waals surface area contributed by atoms with E-state index in [-0.39, 0.29) is 0 Å². The first kappa shape index (κ1) is 21.6. The second-order valence-corrected chi connectivity index (χ2v) is 9.47. The smallest absolute Gasteiger partial charge is 0.247 e.